The monoisotopic (exact) mass is 354 g/mol. The van der Waals surface area contributed by atoms with Gasteiger partial charge in [-0.05, 0) is 48.5 Å². The molecule has 0 bridgehead atoms. The van der Waals surface area contributed by atoms with Crippen molar-refractivity contribution in [1.29, 1.82) is 0 Å². The molecular formula is C20H18S3. The van der Waals surface area contributed by atoms with E-state index < -0.39 is 0 Å². The van der Waals surface area contributed by atoms with Gasteiger partial charge < -0.3 is 0 Å². The first-order chi connectivity index (χ1) is 11.3. The van der Waals surface area contributed by atoms with Crippen LogP contribution >= 0.6 is 35.3 Å². The Hall–Kier alpha value is -1.39. The van der Waals surface area contributed by atoms with E-state index in [0.717, 1.165) is 24.3 Å². The van der Waals surface area contributed by atoms with Gasteiger partial charge in [-0.1, -0.05) is 11.8 Å². The molecule has 0 aliphatic heterocycles. The summed E-state index contributed by atoms with van der Waals surface area (Å²) < 4.78 is 0. The number of hydrogen-bond acceptors (Lipinski definition) is 3. The van der Waals surface area contributed by atoms with Crippen molar-refractivity contribution in [2.75, 3.05) is 11.5 Å². The normalized spacial score (nSPS) is 10.0. The van der Waals surface area contributed by atoms with Gasteiger partial charge in [0.25, 0.3) is 0 Å². The van der Waals surface area contributed by atoms with Gasteiger partial charge in [0.15, 0.2) is 0 Å². The van der Waals surface area contributed by atoms with Crippen LogP contribution in [-0.4, -0.2) is 11.5 Å². The number of terminal acetylenes is 2. The first-order valence-electron chi connectivity index (χ1n) is 7.32. The molecule has 2 rings (SSSR count). The molecule has 0 amide bonds. The second-order valence-corrected chi connectivity index (χ2v) is 8.13. The molecule has 0 aromatic heterocycles. The van der Waals surface area contributed by atoms with Crippen molar-refractivity contribution in [2.45, 2.75) is 32.4 Å². The molecule has 0 atom stereocenters. The summed E-state index contributed by atoms with van der Waals surface area (Å²) in [5.41, 5.74) is 0. The lowest BCUT2D eigenvalue weighted by Crippen LogP contribution is -1.79. The third kappa shape index (κ3) is 6.71. The molecule has 0 saturated heterocycles. The van der Waals surface area contributed by atoms with Crippen molar-refractivity contribution < 1.29 is 0 Å². The third-order valence-corrected chi connectivity index (χ3v) is 5.96. The van der Waals surface area contributed by atoms with E-state index in [1.54, 1.807) is 35.3 Å². The van der Waals surface area contributed by atoms with Crippen LogP contribution in [0.4, 0.5) is 0 Å². The molecule has 0 radical (unpaired) electrons. The van der Waals surface area contributed by atoms with E-state index in [-0.39, 0.29) is 0 Å². The maximum Gasteiger partial charge on any atom is 0.0180 e. The molecule has 0 heterocycles. The fourth-order valence-electron chi connectivity index (χ4n) is 1.80. The van der Waals surface area contributed by atoms with Gasteiger partial charge >= 0.3 is 0 Å². The Morgan fingerprint density at radius 3 is 1.30 bits per heavy atom. The van der Waals surface area contributed by atoms with Crippen molar-refractivity contribution in [3.63, 3.8) is 0 Å². The topological polar surface area (TPSA) is 0 Å². The van der Waals surface area contributed by atoms with Crippen LogP contribution in [0.15, 0.2) is 68.1 Å². The number of rotatable bonds is 8. The zero-order chi connectivity index (χ0) is 16.3. The van der Waals surface area contributed by atoms with Crippen LogP contribution in [0.2, 0.25) is 0 Å². The summed E-state index contributed by atoms with van der Waals surface area (Å²) in [5, 5.41) is 0. The standard InChI is InChI=1S/C20H18S3/c1-3-5-15-21-17-7-11-19(12-8-17)23-20-13-9-18(10-14-20)22-16-6-4-2/h1-2,7-14H,5-6,15-16H2. The van der Waals surface area contributed by atoms with Crippen molar-refractivity contribution in [1.82, 2.24) is 0 Å². The minimum Gasteiger partial charge on any atom is -0.125 e. The first-order valence-corrected chi connectivity index (χ1v) is 10.1. The summed E-state index contributed by atoms with van der Waals surface area (Å²) in [5.74, 6) is 7.28. The van der Waals surface area contributed by atoms with Gasteiger partial charge in [-0.3, -0.25) is 0 Å². The zero-order valence-corrected chi connectivity index (χ0v) is 15.3. The molecule has 0 aliphatic carbocycles. The largest absolute Gasteiger partial charge is 0.125 e. The summed E-state index contributed by atoms with van der Waals surface area (Å²) in [7, 11) is 0. The van der Waals surface area contributed by atoms with Crippen LogP contribution in [0.5, 0.6) is 0 Å². The molecule has 0 spiro atoms. The Kier molecular flexibility index (Phi) is 8.12. The summed E-state index contributed by atoms with van der Waals surface area (Å²) in [6, 6.07) is 17.3. The van der Waals surface area contributed by atoms with Crippen LogP contribution in [-0.2, 0) is 0 Å². The van der Waals surface area contributed by atoms with Gasteiger partial charge in [0.1, 0.15) is 0 Å². The summed E-state index contributed by atoms with van der Waals surface area (Å²) >= 11 is 5.38. The predicted molar refractivity (Wildman–Crippen MR) is 105 cm³/mol. The summed E-state index contributed by atoms with van der Waals surface area (Å²) in [4.78, 5) is 5.03. The van der Waals surface area contributed by atoms with Crippen molar-refractivity contribution in [3.8, 4) is 24.7 Å². The lowest BCUT2D eigenvalue weighted by atomic mass is 10.4. The molecule has 0 saturated carbocycles. The van der Waals surface area contributed by atoms with E-state index in [4.69, 9.17) is 12.8 Å². The van der Waals surface area contributed by atoms with Gasteiger partial charge in [-0.25, -0.2) is 0 Å². The molecule has 0 fully saturated rings. The van der Waals surface area contributed by atoms with Gasteiger partial charge in [0, 0.05) is 43.9 Å². The quantitative estimate of drug-likeness (QED) is 0.321. The minimum absolute atomic E-state index is 0.812. The lowest BCUT2D eigenvalue weighted by molar-refractivity contribution is 1.27. The molecule has 0 N–H and O–H groups in total. The summed E-state index contributed by atoms with van der Waals surface area (Å²) in [6.07, 6.45) is 12.2. The SMILES string of the molecule is C#CCCSc1ccc(Sc2ccc(SCCC#C)cc2)cc1. The predicted octanol–water partition coefficient (Wildman–Crippen LogP) is 6.07. The van der Waals surface area contributed by atoms with E-state index in [9.17, 15) is 0 Å². The Morgan fingerprint density at radius 2 is 0.957 bits per heavy atom. The van der Waals surface area contributed by atoms with Gasteiger partial charge in [-0.2, -0.15) is 0 Å². The van der Waals surface area contributed by atoms with Gasteiger partial charge in [-0.15, -0.1) is 48.2 Å². The Labute approximate surface area is 152 Å². The Balaban J connectivity index is 1.86. The summed E-state index contributed by atoms with van der Waals surface area (Å²) in [6.45, 7) is 0. The van der Waals surface area contributed by atoms with Crippen LogP contribution in [0.3, 0.4) is 0 Å². The molecule has 116 valence electrons. The number of benzene rings is 2. The maximum atomic E-state index is 5.27. The molecule has 2 aromatic carbocycles. The molecule has 23 heavy (non-hydrogen) atoms. The molecule has 0 nitrogen and oxygen atoms in total. The van der Waals surface area contributed by atoms with Crippen molar-refractivity contribution >= 4 is 35.3 Å². The van der Waals surface area contributed by atoms with Crippen molar-refractivity contribution in [2.24, 2.45) is 0 Å². The van der Waals surface area contributed by atoms with E-state index in [0.29, 0.717) is 0 Å². The van der Waals surface area contributed by atoms with E-state index in [1.165, 1.54) is 19.6 Å². The molecular weight excluding hydrogens is 336 g/mol. The fraction of sp³-hybridized carbons (Fsp3) is 0.200. The zero-order valence-electron chi connectivity index (χ0n) is 12.8. The highest BCUT2D eigenvalue weighted by Crippen LogP contribution is 2.31. The highest BCUT2D eigenvalue weighted by Gasteiger charge is 2.00. The van der Waals surface area contributed by atoms with E-state index in [2.05, 4.69) is 60.4 Å². The molecule has 3 heteroatoms. The average molecular weight is 355 g/mol. The average Bonchev–Trinajstić information content (AvgIpc) is 2.58. The van der Waals surface area contributed by atoms with Crippen LogP contribution < -0.4 is 0 Å². The minimum atomic E-state index is 0.812. The number of thioether (sulfide) groups is 2. The Bertz CT molecular complexity index is 611. The van der Waals surface area contributed by atoms with Gasteiger partial charge in [0.05, 0.1) is 0 Å². The van der Waals surface area contributed by atoms with Crippen LogP contribution in [0.1, 0.15) is 12.8 Å². The fourth-order valence-corrected chi connectivity index (χ4v) is 4.18. The van der Waals surface area contributed by atoms with E-state index in [1.807, 2.05) is 0 Å². The second-order valence-electron chi connectivity index (χ2n) is 4.65. The van der Waals surface area contributed by atoms with E-state index >= 15 is 0 Å². The van der Waals surface area contributed by atoms with Crippen LogP contribution in [0, 0.1) is 24.7 Å². The lowest BCUT2D eigenvalue weighted by Gasteiger charge is -2.05. The molecule has 0 aliphatic rings. The van der Waals surface area contributed by atoms with Crippen LogP contribution in [0.25, 0.3) is 0 Å². The third-order valence-electron chi connectivity index (χ3n) is 2.91. The molecule has 2 aromatic rings. The van der Waals surface area contributed by atoms with Gasteiger partial charge in [0.2, 0.25) is 0 Å². The number of hydrogen-bond donors (Lipinski definition) is 0. The smallest absolute Gasteiger partial charge is 0.0180 e. The Morgan fingerprint density at radius 1 is 0.609 bits per heavy atom. The molecule has 0 unspecified atom stereocenters. The first kappa shape index (κ1) is 18.0. The maximum absolute atomic E-state index is 5.27. The highest BCUT2D eigenvalue weighted by atomic mass is 32.2. The second kappa shape index (κ2) is 10.4. The highest BCUT2D eigenvalue weighted by molar-refractivity contribution is 8.00. The van der Waals surface area contributed by atoms with Crippen molar-refractivity contribution in [3.05, 3.63) is 48.5 Å².